The van der Waals surface area contributed by atoms with Crippen LogP contribution in [0.5, 0.6) is 5.88 Å². The third-order valence-corrected chi connectivity index (χ3v) is 5.34. The molecule has 2 N–H and O–H groups in total. The van der Waals surface area contributed by atoms with Gasteiger partial charge in [0, 0.05) is 23.4 Å². The van der Waals surface area contributed by atoms with Crippen molar-refractivity contribution in [3.05, 3.63) is 51.8 Å². The molecule has 0 spiro atoms. The predicted octanol–water partition coefficient (Wildman–Crippen LogP) is 4.44. The first-order valence-corrected chi connectivity index (χ1v) is 11.2. The highest BCUT2D eigenvalue weighted by Gasteiger charge is 2.18. The number of nitrogens with one attached hydrogen (secondary N) is 2. The number of rotatable bonds is 10. The summed E-state index contributed by atoms with van der Waals surface area (Å²) >= 11 is 9.59. The monoisotopic (exact) mass is 521 g/mol. The van der Waals surface area contributed by atoms with Crippen molar-refractivity contribution in [2.75, 3.05) is 37.9 Å². The average Bonchev–Trinajstić information content (AvgIpc) is 3.18. The number of benzene rings is 1. The van der Waals surface area contributed by atoms with E-state index < -0.39 is 5.91 Å². The summed E-state index contributed by atoms with van der Waals surface area (Å²) in [5, 5.41) is 10.6. The fraction of sp³-hybridized carbons (Fsp3) is 0.333. The molecule has 0 unspecified atom stereocenters. The Bertz CT molecular complexity index is 1050. The Kier molecular flexibility index (Phi) is 8.43. The van der Waals surface area contributed by atoms with Crippen LogP contribution in [0, 0.1) is 0 Å². The highest BCUT2D eigenvalue weighted by Crippen LogP contribution is 2.31. The molecule has 0 aliphatic carbocycles. The van der Waals surface area contributed by atoms with Crippen LogP contribution in [0.15, 0.2) is 41.3 Å². The molecule has 1 aromatic carbocycles. The van der Waals surface area contributed by atoms with E-state index in [0.717, 1.165) is 25.2 Å². The summed E-state index contributed by atoms with van der Waals surface area (Å²) in [6, 6.07) is 5.26. The third kappa shape index (κ3) is 6.41. The molecule has 1 amide bonds. The molecule has 0 aliphatic heterocycles. The first kappa shape index (κ1) is 24.0. The largest absolute Gasteiger partial charge is 0.477 e. The molecular weight excluding hydrogens is 498 g/mol. The van der Waals surface area contributed by atoms with E-state index in [-0.39, 0.29) is 11.4 Å². The Morgan fingerprint density at radius 1 is 1.31 bits per heavy atom. The van der Waals surface area contributed by atoms with Gasteiger partial charge in [-0.3, -0.25) is 9.48 Å². The summed E-state index contributed by atoms with van der Waals surface area (Å²) in [7, 11) is 4.08. The zero-order valence-corrected chi connectivity index (χ0v) is 20.4. The van der Waals surface area contributed by atoms with Gasteiger partial charge in [-0.15, -0.1) is 0 Å². The zero-order chi connectivity index (χ0) is 23.1. The fourth-order valence-electron chi connectivity index (χ4n) is 2.86. The van der Waals surface area contributed by atoms with Crippen molar-refractivity contribution in [1.82, 2.24) is 24.6 Å². The first-order valence-electron chi connectivity index (χ1n) is 10.1. The highest BCUT2D eigenvalue weighted by molar-refractivity contribution is 9.10. The normalized spacial score (nSPS) is 10.9. The van der Waals surface area contributed by atoms with Crippen LogP contribution < -0.4 is 15.4 Å². The maximum Gasteiger partial charge on any atom is 0.262 e. The van der Waals surface area contributed by atoms with Crippen molar-refractivity contribution < 1.29 is 9.53 Å². The number of nitrogens with zero attached hydrogens (tertiary/aromatic N) is 5. The van der Waals surface area contributed by atoms with Crippen LogP contribution >= 0.6 is 27.5 Å². The predicted molar refractivity (Wildman–Crippen MR) is 129 cm³/mol. The minimum Gasteiger partial charge on any atom is -0.477 e. The standard InChI is InChI=1S/C21H25BrClN7O2/c1-4-32-20-15(19(31)27-18-16(22)7-5-8-17(18)23)12-24-21(28-20)26-14-11-25-30(13-14)10-6-9-29(2)3/h5,7-8,11-13H,4,6,9-10H2,1-3H3,(H,27,31)(H,24,26,28). The van der Waals surface area contributed by atoms with E-state index >= 15 is 0 Å². The van der Waals surface area contributed by atoms with Crippen LogP contribution in [0.2, 0.25) is 5.02 Å². The molecule has 9 nitrogen and oxygen atoms in total. The number of ether oxygens (including phenoxy) is 1. The lowest BCUT2D eigenvalue weighted by Gasteiger charge is -2.12. The Morgan fingerprint density at radius 3 is 2.84 bits per heavy atom. The van der Waals surface area contributed by atoms with Gasteiger partial charge in [0.25, 0.3) is 5.91 Å². The van der Waals surface area contributed by atoms with Gasteiger partial charge in [0.1, 0.15) is 5.56 Å². The summed E-state index contributed by atoms with van der Waals surface area (Å²) in [4.78, 5) is 23.6. The van der Waals surface area contributed by atoms with Crippen LogP contribution in [0.4, 0.5) is 17.3 Å². The molecule has 0 fully saturated rings. The highest BCUT2D eigenvalue weighted by atomic mass is 79.9. The van der Waals surface area contributed by atoms with Crippen LogP contribution in [0.3, 0.4) is 0 Å². The quantitative estimate of drug-likeness (QED) is 0.406. The van der Waals surface area contributed by atoms with Crippen molar-refractivity contribution in [2.24, 2.45) is 0 Å². The number of anilines is 3. The summed E-state index contributed by atoms with van der Waals surface area (Å²) in [5.74, 6) is 0.0447. The van der Waals surface area contributed by atoms with Crippen LogP contribution in [-0.2, 0) is 6.54 Å². The Labute approximate surface area is 200 Å². The molecule has 32 heavy (non-hydrogen) atoms. The van der Waals surface area contributed by atoms with Crippen molar-refractivity contribution >= 4 is 50.8 Å². The minimum atomic E-state index is -0.428. The number of carbonyl (C=O) groups is 1. The van der Waals surface area contributed by atoms with Gasteiger partial charge in [0.2, 0.25) is 11.8 Å². The van der Waals surface area contributed by atoms with E-state index in [1.807, 2.05) is 31.9 Å². The summed E-state index contributed by atoms with van der Waals surface area (Å²) < 4.78 is 8.12. The maximum absolute atomic E-state index is 12.8. The molecule has 0 atom stereocenters. The second-order valence-electron chi connectivity index (χ2n) is 7.17. The molecule has 2 aromatic heterocycles. The first-order chi connectivity index (χ1) is 15.4. The third-order valence-electron chi connectivity index (χ3n) is 4.36. The van der Waals surface area contributed by atoms with Gasteiger partial charge >= 0.3 is 0 Å². The van der Waals surface area contributed by atoms with Crippen LogP contribution in [-0.4, -0.2) is 57.8 Å². The van der Waals surface area contributed by atoms with E-state index in [1.165, 1.54) is 6.20 Å². The number of aromatic nitrogens is 4. The van der Waals surface area contributed by atoms with E-state index in [4.69, 9.17) is 16.3 Å². The maximum atomic E-state index is 12.8. The fourth-order valence-corrected chi connectivity index (χ4v) is 3.66. The van der Waals surface area contributed by atoms with Gasteiger partial charge in [-0.1, -0.05) is 17.7 Å². The summed E-state index contributed by atoms with van der Waals surface area (Å²) in [6.45, 7) is 3.95. The van der Waals surface area contributed by atoms with E-state index in [9.17, 15) is 4.79 Å². The zero-order valence-electron chi connectivity index (χ0n) is 18.1. The van der Waals surface area contributed by atoms with E-state index in [1.54, 1.807) is 24.4 Å². The Morgan fingerprint density at radius 2 is 2.12 bits per heavy atom. The molecule has 0 radical (unpaired) electrons. The van der Waals surface area contributed by atoms with E-state index in [0.29, 0.717) is 27.7 Å². The van der Waals surface area contributed by atoms with Gasteiger partial charge in [-0.2, -0.15) is 10.1 Å². The lowest BCUT2D eigenvalue weighted by molar-refractivity contribution is 0.102. The van der Waals surface area contributed by atoms with Gasteiger partial charge in [-0.25, -0.2) is 4.98 Å². The molecule has 3 aromatic rings. The lowest BCUT2D eigenvalue weighted by Crippen LogP contribution is -2.16. The summed E-state index contributed by atoms with van der Waals surface area (Å²) in [5.41, 5.74) is 1.41. The number of amides is 1. The number of halogens is 2. The van der Waals surface area contributed by atoms with Crippen molar-refractivity contribution in [3.8, 4) is 5.88 Å². The molecule has 2 heterocycles. The molecular formula is C21H25BrClN7O2. The van der Waals surface area contributed by atoms with Crippen molar-refractivity contribution in [3.63, 3.8) is 0 Å². The minimum absolute atomic E-state index is 0.170. The van der Waals surface area contributed by atoms with Crippen LogP contribution in [0.1, 0.15) is 23.7 Å². The lowest BCUT2D eigenvalue weighted by atomic mass is 10.2. The number of carbonyl (C=O) groups excluding carboxylic acids is 1. The van der Waals surface area contributed by atoms with Gasteiger partial charge in [0.05, 0.1) is 29.2 Å². The van der Waals surface area contributed by atoms with Crippen molar-refractivity contribution in [2.45, 2.75) is 19.9 Å². The number of aryl methyl sites for hydroxylation is 1. The molecule has 0 saturated carbocycles. The Balaban J connectivity index is 1.73. The number of hydrogen-bond donors (Lipinski definition) is 2. The number of para-hydroxylation sites is 1. The summed E-state index contributed by atoms with van der Waals surface area (Å²) in [6.07, 6.45) is 6.00. The second-order valence-corrected chi connectivity index (χ2v) is 8.43. The van der Waals surface area contributed by atoms with Gasteiger partial charge in [0.15, 0.2) is 0 Å². The van der Waals surface area contributed by atoms with Gasteiger partial charge < -0.3 is 20.3 Å². The molecule has 170 valence electrons. The smallest absolute Gasteiger partial charge is 0.262 e. The molecule has 0 saturated heterocycles. The topological polar surface area (TPSA) is 97.2 Å². The SMILES string of the molecule is CCOc1nc(Nc2cnn(CCCN(C)C)c2)ncc1C(=O)Nc1c(Cl)cccc1Br. The van der Waals surface area contributed by atoms with Crippen molar-refractivity contribution in [1.29, 1.82) is 0 Å². The van der Waals surface area contributed by atoms with Crippen LogP contribution in [0.25, 0.3) is 0 Å². The number of hydrogen-bond acceptors (Lipinski definition) is 7. The molecule has 0 aliphatic rings. The van der Waals surface area contributed by atoms with E-state index in [2.05, 4.69) is 46.5 Å². The second kappa shape index (κ2) is 11.3. The molecule has 11 heteroatoms. The van der Waals surface area contributed by atoms with Gasteiger partial charge in [-0.05, 0) is 62.0 Å². The molecule has 0 bridgehead atoms. The molecule has 3 rings (SSSR count). The average molecular weight is 523 g/mol. The Hall–Kier alpha value is -2.69.